The zero-order chi connectivity index (χ0) is 15.8. The van der Waals surface area contributed by atoms with Gasteiger partial charge in [0.2, 0.25) is 5.91 Å². The van der Waals surface area contributed by atoms with Crippen molar-refractivity contribution in [2.45, 2.75) is 39.8 Å². The monoisotopic (exact) mass is 292 g/mol. The molecule has 1 rings (SSSR count). The maximum atomic E-state index is 11.8. The number of nitrogens with one attached hydrogen (secondary N) is 1. The van der Waals surface area contributed by atoms with Crippen LogP contribution in [0.25, 0.3) is 0 Å². The van der Waals surface area contributed by atoms with Crippen molar-refractivity contribution < 1.29 is 14.3 Å². The number of amides is 1. The molecule has 0 saturated heterocycles. The lowest BCUT2D eigenvalue weighted by atomic mass is 10.0. The summed E-state index contributed by atoms with van der Waals surface area (Å²) in [4.78, 5) is 23.3. The molecule has 0 spiro atoms. The molecule has 1 aromatic rings. The fourth-order valence-corrected chi connectivity index (χ4v) is 1.91. The van der Waals surface area contributed by atoms with Gasteiger partial charge in [0.05, 0.1) is 18.2 Å². The highest BCUT2D eigenvalue weighted by molar-refractivity contribution is 5.89. The molecule has 0 heterocycles. The number of benzene rings is 1. The predicted molar refractivity (Wildman–Crippen MR) is 81.7 cm³/mol. The molecule has 1 aromatic carbocycles. The number of hydrogen-bond donors (Lipinski definition) is 2. The molecule has 0 aromatic heterocycles. The van der Waals surface area contributed by atoms with E-state index < -0.39 is 6.04 Å². The summed E-state index contributed by atoms with van der Waals surface area (Å²) in [6, 6.07) is 6.48. The van der Waals surface area contributed by atoms with Gasteiger partial charge in [0.1, 0.15) is 0 Å². The molecule has 0 bridgehead atoms. The second-order valence-corrected chi connectivity index (χ2v) is 5.37. The third kappa shape index (κ3) is 5.95. The average Bonchev–Trinajstić information content (AvgIpc) is 2.44. The van der Waals surface area contributed by atoms with E-state index in [0.717, 1.165) is 5.56 Å². The lowest BCUT2D eigenvalue weighted by molar-refractivity contribution is -0.122. The van der Waals surface area contributed by atoms with Gasteiger partial charge in [-0.25, -0.2) is 4.79 Å². The first-order valence-electron chi connectivity index (χ1n) is 7.23. The maximum Gasteiger partial charge on any atom is 0.338 e. The van der Waals surface area contributed by atoms with Crippen LogP contribution in [-0.2, 0) is 16.1 Å². The second kappa shape index (κ2) is 8.42. The number of nitrogens with two attached hydrogens (primary N) is 1. The number of ether oxygens (including phenoxy) is 1. The first-order valence-corrected chi connectivity index (χ1v) is 7.23. The Morgan fingerprint density at radius 2 is 1.86 bits per heavy atom. The highest BCUT2D eigenvalue weighted by Crippen LogP contribution is 2.07. The van der Waals surface area contributed by atoms with Crippen LogP contribution in [0.3, 0.4) is 0 Å². The van der Waals surface area contributed by atoms with Crippen LogP contribution in [-0.4, -0.2) is 24.5 Å². The van der Waals surface area contributed by atoms with Crippen molar-refractivity contribution in [3.63, 3.8) is 0 Å². The Labute approximate surface area is 125 Å². The van der Waals surface area contributed by atoms with Gasteiger partial charge in [-0.15, -0.1) is 0 Å². The Morgan fingerprint density at radius 3 is 2.38 bits per heavy atom. The van der Waals surface area contributed by atoms with Crippen LogP contribution < -0.4 is 11.1 Å². The standard InChI is InChI=1S/C16H24N2O3/c1-4-21-16(20)13-7-5-12(6-8-13)10-18-15(19)14(17)9-11(2)3/h5-8,11,14H,4,9-10,17H2,1-3H3,(H,18,19)/t14-/m0/s1. The SMILES string of the molecule is CCOC(=O)c1ccc(CNC(=O)[C@@H](N)CC(C)C)cc1. The van der Waals surface area contributed by atoms with Crippen LogP contribution in [0, 0.1) is 5.92 Å². The van der Waals surface area contributed by atoms with E-state index in [1.165, 1.54) is 0 Å². The Bertz CT molecular complexity index is 469. The molecular weight excluding hydrogens is 268 g/mol. The molecule has 3 N–H and O–H groups in total. The normalized spacial score (nSPS) is 12.0. The Hall–Kier alpha value is -1.88. The average molecular weight is 292 g/mol. The van der Waals surface area contributed by atoms with Crippen molar-refractivity contribution >= 4 is 11.9 Å². The molecular formula is C16H24N2O3. The molecule has 0 aliphatic heterocycles. The Balaban J connectivity index is 2.49. The van der Waals surface area contributed by atoms with Crippen LogP contribution in [0.5, 0.6) is 0 Å². The van der Waals surface area contributed by atoms with Crippen LogP contribution in [0.4, 0.5) is 0 Å². The molecule has 0 saturated carbocycles. The van der Waals surface area contributed by atoms with Crippen LogP contribution in [0.1, 0.15) is 43.1 Å². The van der Waals surface area contributed by atoms with Crippen LogP contribution in [0.2, 0.25) is 0 Å². The topological polar surface area (TPSA) is 81.4 Å². The summed E-state index contributed by atoms with van der Waals surface area (Å²) in [5.41, 5.74) is 7.22. The van der Waals surface area contributed by atoms with E-state index in [4.69, 9.17) is 10.5 Å². The second-order valence-electron chi connectivity index (χ2n) is 5.37. The smallest absolute Gasteiger partial charge is 0.338 e. The number of rotatable bonds is 7. The Morgan fingerprint density at radius 1 is 1.24 bits per heavy atom. The predicted octanol–water partition coefficient (Wildman–Crippen LogP) is 1.85. The summed E-state index contributed by atoms with van der Waals surface area (Å²) < 4.78 is 4.91. The van der Waals surface area contributed by atoms with Gasteiger partial charge < -0.3 is 15.8 Å². The van der Waals surface area contributed by atoms with Gasteiger partial charge in [0.25, 0.3) is 0 Å². The molecule has 5 nitrogen and oxygen atoms in total. The van der Waals surface area contributed by atoms with Gasteiger partial charge in [0, 0.05) is 6.54 Å². The van der Waals surface area contributed by atoms with E-state index in [-0.39, 0.29) is 11.9 Å². The minimum Gasteiger partial charge on any atom is -0.462 e. The summed E-state index contributed by atoms with van der Waals surface area (Å²) >= 11 is 0. The van der Waals surface area contributed by atoms with Gasteiger partial charge in [-0.2, -0.15) is 0 Å². The largest absolute Gasteiger partial charge is 0.462 e. The van der Waals surface area contributed by atoms with Crippen molar-refractivity contribution in [2.75, 3.05) is 6.61 Å². The molecule has 1 amide bonds. The zero-order valence-corrected chi connectivity index (χ0v) is 12.9. The lowest BCUT2D eigenvalue weighted by Crippen LogP contribution is -2.41. The summed E-state index contributed by atoms with van der Waals surface area (Å²) in [5.74, 6) is -0.111. The summed E-state index contributed by atoms with van der Waals surface area (Å²) in [7, 11) is 0. The minimum absolute atomic E-state index is 0.154. The minimum atomic E-state index is -0.483. The van der Waals surface area contributed by atoms with Gasteiger partial charge in [-0.3, -0.25) is 4.79 Å². The van der Waals surface area contributed by atoms with E-state index >= 15 is 0 Å². The highest BCUT2D eigenvalue weighted by atomic mass is 16.5. The molecule has 0 unspecified atom stereocenters. The zero-order valence-electron chi connectivity index (χ0n) is 12.9. The maximum absolute atomic E-state index is 11.8. The molecule has 21 heavy (non-hydrogen) atoms. The van der Waals surface area contributed by atoms with Crippen molar-refractivity contribution in [3.8, 4) is 0 Å². The summed E-state index contributed by atoms with van der Waals surface area (Å²) in [5, 5.41) is 2.80. The van der Waals surface area contributed by atoms with Crippen molar-refractivity contribution in [3.05, 3.63) is 35.4 Å². The lowest BCUT2D eigenvalue weighted by Gasteiger charge is -2.14. The third-order valence-corrected chi connectivity index (χ3v) is 2.99. The quantitative estimate of drug-likeness (QED) is 0.751. The van der Waals surface area contributed by atoms with Gasteiger partial charge in [-0.05, 0) is 37.0 Å². The van der Waals surface area contributed by atoms with Gasteiger partial charge in [0.15, 0.2) is 0 Å². The number of carbonyl (C=O) groups excluding carboxylic acids is 2. The fourth-order valence-electron chi connectivity index (χ4n) is 1.91. The number of esters is 1. The van der Waals surface area contributed by atoms with E-state index in [2.05, 4.69) is 5.32 Å². The van der Waals surface area contributed by atoms with Crippen molar-refractivity contribution in [2.24, 2.45) is 11.7 Å². The van der Waals surface area contributed by atoms with E-state index in [1.807, 2.05) is 13.8 Å². The number of carbonyl (C=O) groups is 2. The van der Waals surface area contributed by atoms with E-state index in [9.17, 15) is 9.59 Å². The highest BCUT2D eigenvalue weighted by Gasteiger charge is 2.14. The number of hydrogen-bond acceptors (Lipinski definition) is 4. The first kappa shape index (κ1) is 17.2. The summed E-state index contributed by atoms with van der Waals surface area (Å²) in [6.45, 7) is 6.57. The molecule has 0 aliphatic carbocycles. The molecule has 0 radical (unpaired) electrons. The van der Waals surface area contributed by atoms with Gasteiger partial charge in [-0.1, -0.05) is 26.0 Å². The summed E-state index contributed by atoms with van der Waals surface area (Å²) in [6.07, 6.45) is 0.660. The Kier molecular flexibility index (Phi) is 6.88. The molecule has 0 fully saturated rings. The third-order valence-electron chi connectivity index (χ3n) is 2.99. The fraction of sp³-hybridized carbons (Fsp3) is 0.500. The van der Waals surface area contributed by atoms with E-state index in [0.29, 0.717) is 31.1 Å². The molecule has 0 aliphatic rings. The molecule has 116 valence electrons. The molecule has 1 atom stereocenters. The van der Waals surface area contributed by atoms with E-state index in [1.54, 1.807) is 31.2 Å². The van der Waals surface area contributed by atoms with Crippen molar-refractivity contribution in [1.29, 1.82) is 0 Å². The first-order chi connectivity index (χ1) is 9.93. The van der Waals surface area contributed by atoms with Gasteiger partial charge >= 0.3 is 5.97 Å². The van der Waals surface area contributed by atoms with Crippen molar-refractivity contribution in [1.82, 2.24) is 5.32 Å². The van der Waals surface area contributed by atoms with Crippen LogP contribution >= 0.6 is 0 Å². The van der Waals surface area contributed by atoms with Crippen LogP contribution in [0.15, 0.2) is 24.3 Å². The molecule has 5 heteroatoms.